The lowest BCUT2D eigenvalue weighted by Gasteiger charge is -2.38. The van der Waals surface area contributed by atoms with E-state index >= 15 is 0 Å². The van der Waals surface area contributed by atoms with E-state index in [2.05, 4.69) is 35.9 Å². The van der Waals surface area contributed by atoms with Gasteiger partial charge in [0.15, 0.2) is 0 Å². The van der Waals surface area contributed by atoms with Crippen molar-refractivity contribution in [2.75, 3.05) is 33.3 Å². The van der Waals surface area contributed by atoms with Gasteiger partial charge in [0.25, 0.3) is 0 Å². The molecule has 2 unspecified atom stereocenters. The molecular weight excluding hydrogens is 438 g/mol. The quantitative estimate of drug-likeness (QED) is 0.596. The van der Waals surface area contributed by atoms with Crippen molar-refractivity contribution in [1.82, 2.24) is 14.7 Å². The van der Waals surface area contributed by atoms with Crippen LogP contribution >= 0.6 is 0 Å². The fourth-order valence-electron chi connectivity index (χ4n) is 6.11. The van der Waals surface area contributed by atoms with E-state index in [4.69, 9.17) is 4.74 Å². The fraction of sp³-hybridized carbons (Fsp3) is 0.724. The van der Waals surface area contributed by atoms with E-state index in [1.165, 1.54) is 56.9 Å². The molecule has 4 saturated heterocycles. The first-order valence-corrected chi connectivity index (χ1v) is 13.9. The van der Waals surface area contributed by atoms with Crippen LogP contribution in [0.1, 0.15) is 76.2 Å². The lowest BCUT2D eigenvalue weighted by atomic mass is 9.95. The molecule has 1 aromatic carbocycles. The molecule has 1 aromatic rings. The molecule has 1 saturated carbocycles. The molecule has 4 aliphatic heterocycles. The summed E-state index contributed by atoms with van der Waals surface area (Å²) in [7, 11) is 2.23. The summed E-state index contributed by atoms with van der Waals surface area (Å²) >= 11 is 0. The number of hydrogen-bond donors (Lipinski definition) is 0. The van der Waals surface area contributed by atoms with Gasteiger partial charge < -0.3 is 19.4 Å². The van der Waals surface area contributed by atoms with Crippen molar-refractivity contribution >= 4 is 12.3 Å². The Labute approximate surface area is 212 Å². The molecule has 6 heteroatoms. The highest BCUT2D eigenvalue weighted by Crippen LogP contribution is 2.48. The number of ether oxygens (including phenoxy) is 1. The van der Waals surface area contributed by atoms with E-state index < -0.39 is 0 Å². The van der Waals surface area contributed by atoms with E-state index in [-0.39, 0.29) is 0 Å². The Balaban J connectivity index is 0.000000148. The third-order valence-corrected chi connectivity index (χ3v) is 8.62. The van der Waals surface area contributed by atoms with Gasteiger partial charge in [-0.25, -0.2) is 0 Å². The Morgan fingerprint density at radius 3 is 2.40 bits per heavy atom. The molecule has 0 aromatic heterocycles. The van der Waals surface area contributed by atoms with Gasteiger partial charge >= 0.3 is 0 Å². The van der Waals surface area contributed by atoms with E-state index in [0.29, 0.717) is 29.6 Å². The summed E-state index contributed by atoms with van der Waals surface area (Å²) in [6.07, 6.45) is 14.2. The Kier molecular flexibility index (Phi) is 9.23. The van der Waals surface area contributed by atoms with Crippen molar-refractivity contribution in [3.8, 4) is 0 Å². The molecule has 6 rings (SSSR count). The standard InChI is InChI=1S/C15H26N2O2.C7H11NO.C7H8/c1-16(11-14-7-9-19-14)12-4-2-6-15(18)17-8-3-5-13(17)10-12;9-6-8-5-1-2-7(8)3-4-7;1-7-5-3-2-4-6-7/h12-14H,2-11H2,1H3;6H,1-5H2;2-6H,1H3/t12?,13-,14?;;/m1../s1. The second-order valence-electron chi connectivity index (χ2n) is 11.2. The summed E-state index contributed by atoms with van der Waals surface area (Å²) in [5.74, 6) is 0.394. The van der Waals surface area contributed by atoms with E-state index in [1.807, 2.05) is 23.1 Å². The van der Waals surface area contributed by atoms with Crippen LogP contribution in [0.15, 0.2) is 30.3 Å². The summed E-state index contributed by atoms with van der Waals surface area (Å²) in [5.41, 5.74) is 1.70. The maximum absolute atomic E-state index is 12.1. The van der Waals surface area contributed by atoms with Gasteiger partial charge in [-0.05, 0) is 78.2 Å². The SMILES string of the molecule is CN(CC1CCO1)C1CCCC(=O)N2CCC[C@@H]2C1.Cc1ccccc1.O=CN1CCCC12CC2. The van der Waals surface area contributed by atoms with Gasteiger partial charge in [0.1, 0.15) is 0 Å². The zero-order valence-corrected chi connectivity index (χ0v) is 21.9. The second-order valence-corrected chi connectivity index (χ2v) is 11.2. The molecule has 1 aliphatic carbocycles. The van der Waals surface area contributed by atoms with Crippen LogP contribution < -0.4 is 0 Å². The molecule has 0 bridgehead atoms. The average molecular weight is 484 g/mol. The lowest BCUT2D eigenvalue weighted by Crippen LogP contribution is -2.47. The molecule has 0 radical (unpaired) electrons. The molecule has 5 aliphatic rings. The summed E-state index contributed by atoms with van der Waals surface area (Å²) in [6.45, 7) is 6.08. The summed E-state index contributed by atoms with van der Waals surface area (Å²) in [5, 5.41) is 0. The minimum absolute atomic E-state index is 0.377. The van der Waals surface area contributed by atoms with Crippen molar-refractivity contribution in [3.05, 3.63) is 35.9 Å². The molecule has 194 valence electrons. The van der Waals surface area contributed by atoms with Crippen molar-refractivity contribution in [2.24, 2.45) is 0 Å². The first-order chi connectivity index (χ1) is 17.0. The molecule has 3 atom stereocenters. The largest absolute Gasteiger partial charge is 0.377 e. The van der Waals surface area contributed by atoms with Gasteiger partial charge in [-0.1, -0.05) is 35.9 Å². The Bertz CT molecular complexity index is 809. The maximum Gasteiger partial charge on any atom is 0.222 e. The number of nitrogens with zero attached hydrogens (tertiary/aromatic N) is 3. The molecular formula is C29H45N3O3. The predicted octanol–water partition coefficient (Wildman–Crippen LogP) is 4.41. The number of likely N-dealkylation sites (N-methyl/N-ethyl adjacent to an activating group) is 1. The number of likely N-dealkylation sites (tertiary alicyclic amines) is 1. The van der Waals surface area contributed by atoms with Crippen LogP contribution in [-0.2, 0) is 14.3 Å². The number of carbonyl (C=O) groups is 2. The highest BCUT2D eigenvalue weighted by atomic mass is 16.5. The van der Waals surface area contributed by atoms with Crippen LogP contribution in [0.2, 0.25) is 0 Å². The third-order valence-electron chi connectivity index (χ3n) is 8.62. The molecule has 5 fully saturated rings. The summed E-state index contributed by atoms with van der Waals surface area (Å²) < 4.78 is 5.55. The third kappa shape index (κ3) is 7.07. The number of hydrogen-bond acceptors (Lipinski definition) is 4. The first kappa shape index (κ1) is 26.2. The van der Waals surface area contributed by atoms with E-state index in [0.717, 1.165) is 51.9 Å². The molecule has 6 nitrogen and oxygen atoms in total. The fourth-order valence-corrected chi connectivity index (χ4v) is 6.11. The van der Waals surface area contributed by atoms with E-state index in [1.54, 1.807) is 0 Å². The number of rotatable bonds is 4. The Morgan fingerprint density at radius 2 is 1.83 bits per heavy atom. The molecule has 0 N–H and O–H groups in total. The number of aryl methyl sites for hydroxylation is 1. The first-order valence-electron chi connectivity index (χ1n) is 13.9. The number of amides is 2. The van der Waals surface area contributed by atoms with Gasteiger partial charge in [0.2, 0.25) is 12.3 Å². The van der Waals surface area contributed by atoms with Crippen LogP contribution in [0.4, 0.5) is 0 Å². The van der Waals surface area contributed by atoms with Crippen molar-refractivity contribution in [1.29, 1.82) is 0 Å². The van der Waals surface area contributed by atoms with Crippen molar-refractivity contribution < 1.29 is 14.3 Å². The van der Waals surface area contributed by atoms with Crippen LogP contribution in [0, 0.1) is 6.92 Å². The topological polar surface area (TPSA) is 53.1 Å². The summed E-state index contributed by atoms with van der Waals surface area (Å²) in [6, 6.07) is 11.4. The van der Waals surface area contributed by atoms with Crippen LogP contribution in [0.5, 0.6) is 0 Å². The van der Waals surface area contributed by atoms with Gasteiger partial charge in [-0.3, -0.25) is 9.59 Å². The van der Waals surface area contributed by atoms with E-state index in [9.17, 15) is 9.59 Å². The van der Waals surface area contributed by atoms with Crippen LogP contribution in [-0.4, -0.2) is 84.0 Å². The van der Waals surface area contributed by atoms with Crippen LogP contribution in [0.25, 0.3) is 0 Å². The normalized spacial score (nSPS) is 28.7. The zero-order valence-electron chi connectivity index (χ0n) is 21.9. The molecule has 35 heavy (non-hydrogen) atoms. The monoisotopic (exact) mass is 483 g/mol. The Morgan fingerprint density at radius 1 is 1.06 bits per heavy atom. The minimum Gasteiger partial charge on any atom is -0.377 e. The van der Waals surface area contributed by atoms with Gasteiger partial charge in [0, 0.05) is 50.3 Å². The van der Waals surface area contributed by atoms with Gasteiger partial charge in [-0.2, -0.15) is 0 Å². The molecule has 1 spiro atoms. The minimum atomic E-state index is 0.377. The maximum atomic E-state index is 12.1. The highest BCUT2D eigenvalue weighted by Gasteiger charge is 2.50. The zero-order chi connectivity index (χ0) is 24.7. The second kappa shape index (κ2) is 12.4. The molecule has 2 amide bonds. The predicted molar refractivity (Wildman–Crippen MR) is 139 cm³/mol. The number of fused-ring (bicyclic) bond motifs is 1. The summed E-state index contributed by atoms with van der Waals surface area (Å²) in [4.78, 5) is 29.1. The molecule has 4 heterocycles. The Hall–Kier alpha value is -1.92. The van der Waals surface area contributed by atoms with Gasteiger partial charge in [-0.15, -0.1) is 0 Å². The number of carbonyl (C=O) groups excluding carboxylic acids is 2. The van der Waals surface area contributed by atoms with Crippen molar-refractivity contribution in [2.45, 2.75) is 101 Å². The highest BCUT2D eigenvalue weighted by molar-refractivity contribution is 5.76. The average Bonchev–Trinajstić information content (AvgIpc) is 3.26. The smallest absolute Gasteiger partial charge is 0.222 e. The van der Waals surface area contributed by atoms with Crippen LogP contribution in [0.3, 0.4) is 0 Å². The lowest BCUT2D eigenvalue weighted by molar-refractivity contribution is -0.133. The van der Waals surface area contributed by atoms with Gasteiger partial charge in [0.05, 0.1) is 6.10 Å². The van der Waals surface area contributed by atoms with Crippen molar-refractivity contribution in [3.63, 3.8) is 0 Å². The number of benzene rings is 1.